The van der Waals surface area contributed by atoms with Crippen molar-refractivity contribution in [1.29, 1.82) is 0 Å². The smallest absolute Gasteiger partial charge is 0.261 e. The van der Waals surface area contributed by atoms with Crippen molar-refractivity contribution in [2.45, 2.75) is 39.3 Å². The first-order chi connectivity index (χ1) is 11.9. The van der Waals surface area contributed by atoms with Gasteiger partial charge >= 0.3 is 0 Å². The highest BCUT2D eigenvalue weighted by molar-refractivity contribution is 5.99. The fourth-order valence-electron chi connectivity index (χ4n) is 3.30. The van der Waals surface area contributed by atoms with Crippen molar-refractivity contribution in [3.05, 3.63) is 41.2 Å². The zero-order chi connectivity index (χ0) is 18.2. The number of benzene rings is 1. The Morgan fingerprint density at radius 3 is 2.36 bits per heavy atom. The van der Waals surface area contributed by atoms with Gasteiger partial charge in [0.1, 0.15) is 17.1 Å². The summed E-state index contributed by atoms with van der Waals surface area (Å²) in [4.78, 5) is 14.9. The molecule has 1 aromatic carbocycles. The largest absolute Gasteiger partial charge is 0.496 e. The topological polar surface area (TPSA) is 56.6 Å². The van der Waals surface area contributed by atoms with Gasteiger partial charge in [-0.05, 0) is 32.9 Å². The molecule has 6 nitrogen and oxygen atoms in total. The molecule has 0 atom stereocenters. The summed E-state index contributed by atoms with van der Waals surface area (Å²) in [6.45, 7) is 7.60. The monoisotopic (exact) mass is 343 g/mol. The average molecular weight is 343 g/mol. The lowest BCUT2D eigenvalue weighted by atomic mass is 10.0. The van der Waals surface area contributed by atoms with Crippen LogP contribution < -0.4 is 9.47 Å². The number of ether oxygens (including phenoxy) is 2. The van der Waals surface area contributed by atoms with Crippen LogP contribution in [0, 0.1) is 0 Å². The van der Waals surface area contributed by atoms with Crippen molar-refractivity contribution in [2.24, 2.45) is 0 Å². The molecule has 6 heteroatoms. The van der Waals surface area contributed by atoms with E-state index in [9.17, 15) is 4.79 Å². The minimum absolute atomic E-state index is 0.0639. The molecule has 1 aliphatic heterocycles. The van der Waals surface area contributed by atoms with Crippen LogP contribution in [-0.4, -0.2) is 41.4 Å². The number of rotatable bonds is 3. The van der Waals surface area contributed by atoms with Crippen molar-refractivity contribution in [3.63, 3.8) is 0 Å². The van der Waals surface area contributed by atoms with E-state index < -0.39 is 0 Å². The van der Waals surface area contributed by atoms with E-state index in [0.717, 1.165) is 12.0 Å². The zero-order valence-corrected chi connectivity index (χ0v) is 15.5. The molecule has 0 spiro atoms. The van der Waals surface area contributed by atoms with E-state index in [0.29, 0.717) is 30.2 Å². The first-order valence-corrected chi connectivity index (χ1v) is 8.43. The number of carbonyl (C=O) groups excluding carboxylic acids is 1. The molecule has 0 bridgehead atoms. The Hall–Kier alpha value is -2.50. The number of nitrogens with zero attached hydrogens (tertiary/aromatic N) is 3. The second-order valence-corrected chi connectivity index (χ2v) is 7.21. The highest BCUT2D eigenvalue weighted by Gasteiger charge is 2.30. The number of amides is 1. The van der Waals surface area contributed by atoms with Gasteiger partial charge in [-0.15, -0.1) is 0 Å². The van der Waals surface area contributed by atoms with E-state index in [1.807, 2.05) is 17.2 Å². The second kappa shape index (κ2) is 6.43. The normalized spacial score (nSPS) is 14.2. The number of hydrogen-bond donors (Lipinski definition) is 0. The number of hydrogen-bond acceptors (Lipinski definition) is 4. The van der Waals surface area contributed by atoms with Crippen molar-refractivity contribution in [1.82, 2.24) is 14.7 Å². The molecule has 134 valence electrons. The lowest BCUT2D eigenvalue weighted by Crippen LogP contribution is -2.38. The summed E-state index contributed by atoms with van der Waals surface area (Å²) in [5.74, 6) is 0.976. The van der Waals surface area contributed by atoms with Crippen molar-refractivity contribution in [3.8, 4) is 11.5 Å². The predicted octanol–water partition coefficient (Wildman–Crippen LogP) is 2.85. The van der Waals surface area contributed by atoms with Gasteiger partial charge in [0.15, 0.2) is 0 Å². The summed E-state index contributed by atoms with van der Waals surface area (Å²) in [6, 6.07) is 5.38. The molecule has 0 saturated heterocycles. The summed E-state index contributed by atoms with van der Waals surface area (Å²) >= 11 is 0. The lowest BCUT2D eigenvalue weighted by Gasteiger charge is -2.30. The Morgan fingerprint density at radius 1 is 1.16 bits per heavy atom. The number of fused-ring (bicyclic) bond motifs is 1. The Labute approximate surface area is 148 Å². The molecule has 1 amide bonds. The van der Waals surface area contributed by atoms with Crippen molar-refractivity contribution < 1.29 is 14.3 Å². The number of aromatic nitrogens is 2. The lowest BCUT2D eigenvalue weighted by molar-refractivity contribution is 0.0725. The van der Waals surface area contributed by atoms with Gasteiger partial charge in [-0.25, -0.2) is 0 Å². The summed E-state index contributed by atoms with van der Waals surface area (Å²) in [5.41, 5.74) is 2.72. The summed E-state index contributed by atoms with van der Waals surface area (Å²) in [6.07, 6.45) is 2.66. The van der Waals surface area contributed by atoms with Gasteiger partial charge < -0.3 is 14.4 Å². The zero-order valence-electron chi connectivity index (χ0n) is 15.5. The van der Waals surface area contributed by atoms with Crippen molar-refractivity contribution >= 4 is 5.91 Å². The molecule has 0 radical (unpaired) electrons. The maximum atomic E-state index is 13.1. The SMILES string of the molecule is COc1cccc(OC)c1C(=O)N1CCc2c(cnn2C(C)(C)C)C1. The molecule has 2 heterocycles. The minimum atomic E-state index is -0.0801. The highest BCUT2D eigenvalue weighted by atomic mass is 16.5. The van der Waals surface area contributed by atoms with Crippen LogP contribution in [0.1, 0.15) is 42.4 Å². The van der Waals surface area contributed by atoms with Gasteiger partial charge in [-0.2, -0.15) is 5.10 Å². The molecule has 2 aromatic rings. The summed E-state index contributed by atoms with van der Waals surface area (Å²) < 4.78 is 12.8. The van der Waals surface area contributed by atoms with Crippen molar-refractivity contribution in [2.75, 3.05) is 20.8 Å². The standard InChI is InChI=1S/C19H25N3O3/c1-19(2,3)22-14-9-10-21(12-13(14)11-20-22)18(23)17-15(24-4)7-6-8-16(17)25-5/h6-8,11H,9-10,12H2,1-5H3. The van der Waals surface area contributed by atoms with Crippen LogP contribution >= 0.6 is 0 Å². The van der Waals surface area contributed by atoms with E-state index >= 15 is 0 Å². The maximum Gasteiger partial charge on any atom is 0.261 e. The Bertz CT molecular complexity index is 767. The van der Waals surface area contributed by atoms with Crippen LogP contribution in [0.3, 0.4) is 0 Å². The van der Waals surface area contributed by atoms with Crippen LogP contribution in [0.5, 0.6) is 11.5 Å². The second-order valence-electron chi connectivity index (χ2n) is 7.21. The molecule has 0 N–H and O–H groups in total. The number of carbonyl (C=O) groups is 1. The fraction of sp³-hybridized carbons (Fsp3) is 0.474. The quantitative estimate of drug-likeness (QED) is 0.860. The third-order valence-electron chi connectivity index (χ3n) is 4.50. The van der Waals surface area contributed by atoms with E-state index in [-0.39, 0.29) is 11.4 Å². The third kappa shape index (κ3) is 3.08. The van der Waals surface area contributed by atoms with Gasteiger partial charge in [-0.1, -0.05) is 6.07 Å². The van der Waals surface area contributed by atoms with Crippen LogP contribution in [0.2, 0.25) is 0 Å². The van der Waals surface area contributed by atoms with Gasteiger partial charge in [-0.3, -0.25) is 9.48 Å². The molecule has 0 fully saturated rings. The minimum Gasteiger partial charge on any atom is -0.496 e. The van der Waals surface area contributed by atoms with Crippen LogP contribution in [0.15, 0.2) is 24.4 Å². The Kier molecular flexibility index (Phi) is 4.45. The molecule has 0 unspecified atom stereocenters. The molecule has 1 aliphatic rings. The third-order valence-corrected chi connectivity index (χ3v) is 4.50. The van der Waals surface area contributed by atoms with Gasteiger partial charge in [0, 0.05) is 30.8 Å². The van der Waals surface area contributed by atoms with Crippen LogP contribution in [-0.2, 0) is 18.5 Å². The molecule has 0 saturated carbocycles. The van der Waals surface area contributed by atoms with E-state index in [1.165, 1.54) is 5.69 Å². The Morgan fingerprint density at radius 2 is 1.80 bits per heavy atom. The summed E-state index contributed by atoms with van der Waals surface area (Å²) in [5, 5.41) is 4.53. The first-order valence-electron chi connectivity index (χ1n) is 8.43. The summed E-state index contributed by atoms with van der Waals surface area (Å²) in [7, 11) is 3.13. The average Bonchev–Trinajstić information content (AvgIpc) is 3.03. The number of methoxy groups -OCH3 is 2. The van der Waals surface area contributed by atoms with E-state index in [4.69, 9.17) is 9.47 Å². The maximum absolute atomic E-state index is 13.1. The van der Waals surface area contributed by atoms with Crippen LogP contribution in [0.25, 0.3) is 0 Å². The van der Waals surface area contributed by atoms with Gasteiger partial charge in [0.2, 0.25) is 0 Å². The predicted molar refractivity (Wildman–Crippen MR) is 95.2 cm³/mol. The molecular weight excluding hydrogens is 318 g/mol. The van der Waals surface area contributed by atoms with E-state index in [2.05, 4.69) is 30.6 Å². The van der Waals surface area contributed by atoms with Gasteiger partial charge in [0.25, 0.3) is 5.91 Å². The fourth-order valence-corrected chi connectivity index (χ4v) is 3.30. The highest BCUT2D eigenvalue weighted by Crippen LogP contribution is 2.32. The van der Waals surface area contributed by atoms with E-state index in [1.54, 1.807) is 26.4 Å². The molecule has 1 aromatic heterocycles. The first kappa shape index (κ1) is 17.3. The van der Waals surface area contributed by atoms with Crippen LogP contribution in [0.4, 0.5) is 0 Å². The molecular formula is C19H25N3O3. The Balaban J connectivity index is 1.91. The molecule has 0 aliphatic carbocycles. The molecule has 25 heavy (non-hydrogen) atoms. The van der Waals surface area contributed by atoms with Gasteiger partial charge in [0.05, 0.1) is 26.0 Å². The molecule has 3 rings (SSSR count).